The van der Waals surface area contributed by atoms with Gasteiger partial charge in [0.1, 0.15) is 17.2 Å². The first-order valence-electron chi connectivity index (χ1n) is 12.5. The second kappa shape index (κ2) is 9.72. The summed E-state index contributed by atoms with van der Waals surface area (Å²) in [6.07, 6.45) is 7.68. The number of carbonyl (C=O) groups excluding carboxylic acids is 1. The number of pyridine rings is 3. The van der Waals surface area contributed by atoms with Crippen molar-refractivity contribution in [2.75, 3.05) is 5.32 Å². The van der Waals surface area contributed by atoms with Crippen molar-refractivity contribution in [3.8, 4) is 33.9 Å². The molecule has 0 unspecified atom stereocenters. The molecule has 9 nitrogen and oxygen atoms in total. The lowest BCUT2D eigenvalue weighted by Gasteiger charge is -2.08. The number of aromatic nitrogens is 7. The Hall–Kier alpha value is -5.84. The Morgan fingerprint density at radius 2 is 1.61 bits per heavy atom. The molecule has 0 aliphatic rings. The van der Waals surface area contributed by atoms with E-state index >= 15 is 4.39 Å². The quantitative estimate of drug-likeness (QED) is 0.239. The van der Waals surface area contributed by atoms with Crippen LogP contribution >= 0.6 is 0 Å². The number of hydrogen-bond donors (Lipinski definition) is 3. The molecule has 7 rings (SSSR count). The van der Waals surface area contributed by atoms with Crippen molar-refractivity contribution in [3.05, 3.63) is 109 Å². The summed E-state index contributed by atoms with van der Waals surface area (Å²) < 4.78 is 29.6. The average molecular weight is 545 g/mol. The van der Waals surface area contributed by atoms with Crippen molar-refractivity contribution in [2.45, 2.75) is 0 Å². The minimum absolute atomic E-state index is 0.0354. The molecule has 5 heterocycles. The van der Waals surface area contributed by atoms with Gasteiger partial charge < -0.3 is 10.3 Å². The van der Waals surface area contributed by atoms with Crippen molar-refractivity contribution < 1.29 is 13.6 Å². The Balaban J connectivity index is 1.28. The number of nitrogens with one attached hydrogen (secondary N) is 3. The molecule has 0 spiro atoms. The van der Waals surface area contributed by atoms with Crippen LogP contribution in [0.4, 0.5) is 14.5 Å². The van der Waals surface area contributed by atoms with Crippen molar-refractivity contribution in [2.24, 2.45) is 0 Å². The van der Waals surface area contributed by atoms with Gasteiger partial charge >= 0.3 is 0 Å². The summed E-state index contributed by atoms with van der Waals surface area (Å²) in [5, 5.41) is 10.1. The van der Waals surface area contributed by atoms with Gasteiger partial charge in [0, 0.05) is 29.1 Å². The maximum atomic E-state index is 16.1. The molecule has 0 saturated heterocycles. The van der Waals surface area contributed by atoms with Gasteiger partial charge in [0.05, 0.1) is 46.2 Å². The lowest BCUT2D eigenvalue weighted by molar-refractivity contribution is 0.102. The van der Waals surface area contributed by atoms with Gasteiger partial charge in [-0.2, -0.15) is 5.10 Å². The molecule has 0 aliphatic carbocycles. The van der Waals surface area contributed by atoms with Crippen LogP contribution in [0.5, 0.6) is 0 Å². The van der Waals surface area contributed by atoms with Crippen molar-refractivity contribution >= 4 is 33.5 Å². The number of halogens is 2. The fourth-order valence-electron chi connectivity index (χ4n) is 4.66. The number of rotatable bonds is 5. The highest BCUT2D eigenvalue weighted by Crippen LogP contribution is 2.34. The lowest BCUT2D eigenvalue weighted by Crippen LogP contribution is -2.11. The highest BCUT2D eigenvalue weighted by Gasteiger charge is 2.21. The first-order valence-corrected chi connectivity index (χ1v) is 12.5. The highest BCUT2D eigenvalue weighted by molar-refractivity contribution is 6.04. The van der Waals surface area contributed by atoms with Gasteiger partial charge in [0.15, 0.2) is 11.6 Å². The summed E-state index contributed by atoms with van der Waals surface area (Å²) >= 11 is 0. The number of fused-ring (bicyclic) bond motifs is 2. The molecule has 7 aromatic rings. The Labute approximate surface area is 230 Å². The number of H-pyrrole nitrogens is 2. The fourth-order valence-corrected chi connectivity index (χ4v) is 4.66. The summed E-state index contributed by atoms with van der Waals surface area (Å²) in [5.74, 6) is -0.971. The lowest BCUT2D eigenvalue weighted by atomic mass is 10.1. The summed E-state index contributed by atoms with van der Waals surface area (Å²) in [5.41, 5.74) is 4.52. The molecule has 0 saturated carbocycles. The molecular formula is C30H18F2N8O. The van der Waals surface area contributed by atoms with Gasteiger partial charge in [-0.05, 0) is 35.9 Å². The molecule has 198 valence electrons. The van der Waals surface area contributed by atoms with Gasteiger partial charge in [-0.15, -0.1) is 0 Å². The minimum atomic E-state index is -0.628. The van der Waals surface area contributed by atoms with E-state index in [9.17, 15) is 9.18 Å². The first kappa shape index (κ1) is 24.2. The molecule has 1 amide bonds. The molecular weight excluding hydrogens is 526 g/mol. The van der Waals surface area contributed by atoms with Crippen LogP contribution in [0.25, 0.3) is 55.8 Å². The second-order valence-electron chi connectivity index (χ2n) is 9.24. The zero-order valence-corrected chi connectivity index (χ0v) is 21.1. The monoisotopic (exact) mass is 544 g/mol. The van der Waals surface area contributed by atoms with E-state index in [1.165, 1.54) is 30.7 Å². The Kier molecular flexibility index (Phi) is 5.74. The van der Waals surface area contributed by atoms with E-state index < -0.39 is 5.82 Å². The van der Waals surface area contributed by atoms with Crippen LogP contribution in [0.2, 0.25) is 0 Å². The number of benzene rings is 2. The van der Waals surface area contributed by atoms with Crippen LogP contribution in [-0.2, 0) is 0 Å². The molecule has 11 heteroatoms. The topological polar surface area (TPSA) is 125 Å². The largest absolute Gasteiger partial charge is 0.335 e. The molecule has 0 aliphatic heterocycles. The number of carbonyl (C=O) groups is 1. The number of aromatic amines is 2. The van der Waals surface area contributed by atoms with E-state index in [4.69, 9.17) is 4.98 Å². The van der Waals surface area contributed by atoms with E-state index in [-0.39, 0.29) is 28.5 Å². The molecule has 0 atom stereocenters. The van der Waals surface area contributed by atoms with Gasteiger partial charge in [-0.25, -0.2) is 13.8 Å². The molecule has 0 radical (unpaired) electrons. The molecule has 0 fully saturated rings. The third kappa shape index (κ3) is 4.35. The summed E-state index contributed by atoms with van der Waals surface area (Å²) in [4.78, 5) is 33.2. The second-order valence-corrected chi connectivity index (χ2v) is 9.24. The van der Waals surface area contributed by atoms with Gasteiger partial charge in [-0.1, -0.05) is 30.3 Å². The normalized spacial score (nSPS) is 11.3. The van der Waals surface area contributed by atoms with Crippen LogP contribution in [0.3, 0.4) is 0 Å². The van der Waals surface area contributed by atoms with Crippen LogP contribution in [0.15, 0.2) is 91.6 Å². The van der Waals surface area contributed by atoms with E-state index in [0.29, 0.717) is 44.8 Å². The Morgan fingerprint density at radius 1 is 0.805 bits per heavy atom. The predicted octanol–water partition coefficient (Wildman–Crippen LogP) is 6.16. The number of anilines is 1. The maximum Gasteiger partial charge on any atom is 0.255 e. The molecule has 41 heavy (non-hydrogen) atoms. The fraction of sp³-hybridized carbons (Fsp3) is 0. The van der Waals surface area contributed by atoms with Crippen molar-refractivity contribution in [1.82, 2.24) is 35.1 Å². The van der Waals surface area contributed by atoms with Crippen molar-refractivity contribution in [1.29, 1.82) is 0 Å². The highest BCUT2D eigenvalue weighted by atomic mass is 19.1. The Bertz CT molecular complexity index is 2070. The summed E-state index contributed by atoms with van der Waals surface area (Å²) in [6, 6.07) is 16.4. The summed E-state index contributed by atoms with van der Waals surface area (Å²) in [7, 11) is 0. The van der Waals surface area contributed by atoms with Gasteiger partial charge in [-0.3, -0.25) is 24.8 Å². The molecule has 5 aromatic heterocycles. The number of hydrogen-bond acceptors (Lipinski definition) is 6. The average Bonchev–Trinajstić information content (AvgIpc) is 3.63. The van der Waals surface area contributed by atoms with Gasteiger partial charge in [0.25, 0.3) is 5.91 Å². The summed E-state index contributed by atoms with van der Waals surface area (Å²) in [6.45, 7) is 0. The van der Waals surface area contributed by atoms with Gasteiger partial charge in [0.2, 0.25) is 0 Å². The first-order chi connectivity index (χ1) is 20.0. The zero-order valence-electron chi connectivity index (χ0n) is 21.1. The third-order valence-corrected chi connectivity index (χ3v) is 6.62. The molecule has 2 aromatic carbocycles. The van der Waals surface area contributed by atoms with Crippen LogP contribution < -0.4 is 5.32 Å². The number of imidazole rings is 1. The van der Waals surface area contributed by atoms with E-state index in [0.717, 1.165) is 5.56 Å². The van der Waals surface area contributed by atoms with E-state index in [1.807, 2.05) is 6.07 Å². The Morgan fingerprint density at radius 3 is 2.44 bits per heavy atom. The predicted molar refractivity (Wildman–Crippen MR) is 150 cm³/mol. The molecule has 3 N–H and O–H groups in total. The van der Waals surface area contributed by atoms with Crippen molar-refractivity contribution in [3.63, 3.8) is 0 Å². The van der Waals surface area contributed by atoms with E-state index in [2.05, 4.69) is 35.5 Å². The number of nitrogens with zero attached hydrogens (tertiary/aromatic N) is 5. The van der Waals surface area contributed by atoms with Crippen LogP contribution in [0, 0.1) is 11.6 Å². The van der Waals surface area contributed by atoms with Crippen LogP contribution in [0.1, 0.15) is 10.4 Å². The maximum absolute atomic E-state index is 16.1. The van der Waals surface area contributed by atoms with Crippen LogP contribution in [-0.4, -0.2) is 41.0 Å². The SMILES string of the molecule is O=C(Nc1cncc(-c2ncc3[nH]nc(-c4nc5c(-c6ccc(F)cc6)cncc5[nH]4)c3c2F)c1)c1ccccc1. The minimum Gasteiger partial charge on any atom is -0.335 e. The standard InChI is InChI=1S/C30H18F2N8O/c31-19-8-6-16(7-9-19)21-13-34-14-23-27(21)38-29(37-23)28-24-22(39-40-28)15-35-26(25(24)32)18-10-20(12-33-11-18)36-30(41)17-4-2-1-3-5-17/h1-15H,(H,36,41)(H,37,38)(H,39,40). The smallest absolute Gasteiger partial charge is 0.255 e. The van der Waals surface area contributed by atoms with E-state index in [1.54, 1.807) is 54.9 Å². The zero-order chi connectivity index (χ0) is 27.9. The number of amides is 1. The third-order valence-electron chi connectivity index (χ3n) is 6.62. The molecule has 0 bridgehead atoms.